The average molecular weight is 523 g/mol. The summed E-state index contributed by atoms with van der Waals surface area (Å²) in [5.41, 5.74) is -1.72. The molecule has 10 heteroatoms. The van der Waals surface area contributed by atoms with Gasteiger partial charge in [-0.25, -0.2) is 0 Å². The van der Waals surface area contributed by atoms with E-state index < -0.39 is 17.0 Å². The molecule has 4 saturated carbocycles. The van der Waals surface area contributed by atoms with Crippen LogP contribution in [0.5, 0.6) is 0 Å². The lowest BCUT2D eigenvalue weighted by Gasteiger charge is -2.54. The van der Waals surface area contributed by atoms with Crippen molar-refractivity contribution in [1.29, 1.82) is 5.26 Å². The zero-order valence-corrected chi connectivity index (χ0v) is 21.5. The van der Waals surface area contributed by atoms with Crippen molar-refractivity contribution in [3.05, 3.63) is 47.8 Å². The maximum Gasteiger partial charge on any atom is 0.397 e. The van der Waals surface area contributed by atoms with Gasteiger partial charge in [-0.1, -0.05) is 0 Å². The molecule has 4 aliphatic carbocycles. The highest BCUT2D eigenvalue weighted by Gasteiger charge is 2.86. The number of piperidine rings is 1. The molecular weight excluding hydrogens is 493 g/mol. The van der Waals surface area contributed by atoms with Gasteiger partial charge in [0.05, 0.1) is 16.5 Å². The first-order valence-electron chi connectivity index (χ1n) is 13.2. The van der Waals surface area contributed by atoms with Crippen molar-refractivity contribution >= 4 is 16.6 Å². The molecule has 1 aromatic carbocycles. The monoisotopic (exact) mass is 522 g/mol. The Bertz CT molecular complexity index is 1470. The number of alkyl halides is 3. The summed E-state index contributed by atoms with van der Waals surface area (Å²) in [6.07, 6.45) is 2.96. The average Bonchev–Trinajstić information content (AvgIpc) is 3.23. The normalized spacial score (nSPS) is 34.1. The smallest absolute Gasteiger partial charge is 0.397 e. The lowest BCUT2D eigenvalue weighted by atomic mass is 9.57. The highest BCUT2D eigenvalue weighted by molar-refractivity contribution is 5.95. The summed E-state index contributed by atoms with van der Waals surface area (Å²) in [6.45, 7) is -0.0681. The van der Waals surface area contributed by atoms with Gasteiger partial charge in [-0.3, -0.25) is 4.98 Å². The second-order valence-corrected chi connectivity index (χ2v) is 12.1. The van der Waals surface area contributed by atoms with Crippen LogP contribution in [-0.2, 0) is 10.8 Å². The van der Waals surface area contributed by atoms with E-state index in [2.05, 4.69) is 40.2 Å². The number of anilines is 1. The molecule has 3 aromatic rings. The Labute approximate surface area is 218 Å². The van der Waals surface area contributed by atoms with E-state index in [4.69, 9.17) is 4.42 Å². The van der Waals surface area contributed by atoms with Crippen LogP contribution in [0.15, 0.2) is 34.9 Å². The summed E-state index contributed by atoms with van der Waals surface area (Å²) in [6, 6.07) is 9.03. The Balaban J connectivity index is 1.24. The molecule has 0 N–H and O–H groups in total. The number of hydrogen-bond donors (Lipinski definition) is 0. The lowest BCUT2D eigenvalue weighted by Crippen LogP contribution is -2.55. The molecule has 5 aliphatic rings. The molecule has 2 atom stereocenters. The number of benzene rings is 1. The van der Waals surface area contributed by atoms with Gasteiger partial charge in [0.1, 0.15) is 11.5 Å². The SMILES string of the molecule is CN(C)C12CCC(c3nnc([C@]45CN(c6ccc(C#N)c7ncccc67)C[C@@]4(C(F)(F)F)C5)o3)(CC1)CC2. The van der Waals surface area contributed by atoms with Crippen LogP contribution < -0.4 is 4.90 Å². The van der Waals surface area contributed by atoms with Gasteiger partial charge in [0.15, 0.2) is 0 Å². The number of pyridine rings is 1. The number of fused-ring (bicyclic) bond motifs is 5. The third-order valence-corrected chi connectivity index (χ3v) is 10.5. The Hall–Kier alpha value is -3.19. The molecule has 198 valence electrons. The van der Waals surface area contributed by atoms with Gasteiger partial charge in [0.25, 0.3) is 0 Å². The summed E-state index contributed by atoms with van der Waals surface area (Å²) < 4.78 is 50.3. The number of halogens is 3. The van der Waals surface area contributed by atoms with Gasteiger partial charge < -0.3 is 14.2 Å². The van der Waals surface area contributed by atoms with Crippen LogP contribution in [0, 0.1) is 16.7 Å². The van der Waals surface area contributed by atoms with Gasteiger partial charge in [-0.2, -0.15) is 18.4 Å². The van der Waals surface area contributed by atoms with E-state index in [0.717, 1.165) is 38.5 Å². The zero-order chi connectivity index (χ0) is 26.6. The van der Waals surface area contributed by atoms with E-state index in [-0.39, 0.29) is 36.4 Å². The topological polar surface area (TPSA) is 82.1 Å². The molecule has 1 saturated heterocycles. The van der Waals surface area contributed by atoms with Crippen molar-refractivity contribution in [3.63, 3.8) is 0 Å². The van der Waals surface area contributed by atoms with E-state index in [9.17, 15) is 18.4 Å². The van der Waals surface area contributed by atoms with Crippen LogP contribution in [0.3, 0.4) is 0 Å². The fourth-order valence-corrected chi connectivity index (χ4v) is 7.88. The maximum absolute atomic E-state index is 14.7. The number of nitriles is 1. The predicted molar refractivity (Wildman–Crippen MR) is 134 cm³/mol. The van der Waals surface area contributed by atoms with E-state index in [0.29, 0.717) is 28.0 Å². The summed E-state index contributed by atoms with van der Waals surface area (Å²) in [4.78, 5) is 8.42. The largest absolute Gasteiger partial charge is 0.424 e. The van der Waals surface area contributed by atoms with Crippen LogP contribution in [0.4, 0.5) is 18.9 Å². The van der Waals surface area contributed by atoms with Crippen molar-refractivity contribution in [2.75, 3.05) is 32.1 Å². The first-order chi connectivity index (χ1) is 18.1. The molecule has 2 bridgehead atoms. The first-order valence-corrected chi connectivity index (χ1v) is 13.2. The molecule has 0 spiro atoms. The van der Waals surface area contributed by atoms with Crippen molar-refractivity contribution < 1.29 is 17.6 Å². The molecule has 7 nitrogen and oxygen atoms in total. The van der Waals surface area contributed by atoms with Crippen molar-refractivity contribution in [3.8, 4) is 6.07 Å². The van der Waals surface area contributed by atoms with Gasteiger partial charge in [0.2, 0.25) is 11.8 Å². The fraction of sp³-hybridized carbons (Fsp3) is 0.571. The number of aromatic nitrogens is 3. The Morgan fingerprint density at radius 1 is 1.00 bits per heavy atom. The second-order valence-electron chi connectivity index (χ2n) is 12.1. The first kappa shape index (κ1) is 23.9. The molecule has 1 aliphatic heterocycles. The molecule has 0 amide bonds. The lowest BCUT2D eigenvalue weighted by molar-refractivity contribution is -0.187. The minimum absolute atomic E-state index is 0.0508. The summed E-state index contributed by atoms with van der Waals surface area (Å²) in [7, 11) is 4.26. The van der Waals surface area contributed by atoms with Crippen molar-refractivity contribution in [2.45, 2.75) is 67.5 Å². The number of hydrogen-bond acceptors (Lipinski definition) is 7. The van der Waals surface area contributed by atoms with E-state index in [1.807, 2.05) is 0 Å². The second kappa shape index (κ2) is 7.47. The van der Waals surface area contributed by atoms with E-state index in [1.54, 1.807) is 35.4 Å². The molecule has 8 rings (SSSR count). The molecular formula is C28H29F3N6O. The Kier molecular flexibility index (Phi) is 4.70. The minimum atomic E-state index is -4.42. The van der Waals surface area contributed by atoms with Crippen molar-refractivity contribution in [1.82, 2.24) is 20.1 Å². The van der Waals surface area contributed by atoms with Gasteiger partial charge in [-0.05, 0) is 83.3 Å². The van der Waals surface area contributed by atoms with E-state index >= 15 is 0 Å². The quantitative estimate of drug-likeness (QED) is 0.471. The van der Waals surface area contributed by atoms with Crippen LogP contribution >= 0.6 is 0 Å². The molecule has 2 aromatic heterocycles. The maximum atomic E-state index is 14.7. The van der Waals surface area contributed by atoms with Gasteiger partial charge >= 0.3 is 6.18 Å². The number of rotatable bonds is 4. The van der Waals surface area contributed by atoms with Crippen molar-refractivity contribution in [2.24, 2.45) is 5.41 Å². The summed E-state index contributed by atoms with van der Waals surface area (Å²) in [5.74, 6) is 0.635. The van der Waals surface area contributed by atoms with Crippen LogP contribution in [0.1, 0.15) is 62.3 Å². The Morgan fingerprint density at radius 3 is 2.37 bits per heavy atom. The third kappa shape index (κ3) is 2.91. The fourth-order valence-electron chi connectivity index (χ4n) is 7.88. The highest BCUT2D eigenvalue weighted by atomic mass is 19.4. The molecule has 0 unspecified atom stereocenters. The minimum Gasteiger partial charge on any atom is -0.424 e. The zero-order valence-electron chi connectivity index (χ0n) is 21.5. The van der Waals surface area contributed by atoms with Crippen LogP contribution in [0.25, 0.3) is 10.9 Å². The van der Waals surface area contributed by atoms with Crippen LogP contribution in [0.2, 0.25) is 0 Å². The van der Waals surface area contributed by atoms with Gasteiger partial charge in [0, 0.05) is 41.3 Å². The predicted octanol–water partition coefficient (Wildman–Crippen LogP) is 5.11. The summed E-state index contributed by atoms with van der Waals surface area (Å²) in [5, 5.41) is 18.9. The molecule has 5 fully saturated rings. The third-order valence-electron chi connectivity index (χ3n) is 10.5. The number of nitrogens with zero attached hydrogens (tertiary/aromatic N) is 6. The molecule has 0 radical (unpaired) electrons. The summed E-state index contributed by atoms with van der Waals surface area (Å²) >= 11 is 0. The standard InChI is InChI=1S/C28H29F3N6O/c1-36(2)25-10-7-24(8-11-25,9-12-25)22-34-35-23(38-22)26-15-27(26,28(29,30)31)17-37(16-26)20-6-5-18(14-32)21-19(20)4-3-13-33-21/h3-6,13H,7-12,15-17H2,1-2H3/t24?,25?,26-,27-/m0/s1. The highest BCUT2D eigenvalue weighted by Crippen LogP contribution is 2.75. The Morgan fingerprint density at radius 2 is 1.71 bits per heavy atom. The van der Waals surface area contributed by atoms with E-state index in [1.165, 1.54) is 0 Å². The van der Waals surface area contributed by atoms with Gasteiger partial charge in [-0.15, -0.1) is 10.2 Å². The molecule has 3 heterocycles. The molecule has 38 heavy (non-hydrogen) atoms. The van der Waals surface area contributed by atoms with Crippen LogP contribution in [-0.4, -0.2) is 59.0 Å².